The van der Waals surface area contributed by atoms with Crippen LogP contribution in [0.3, 0.4) is 0 Å². The van der Waals surface area contributed by atoms with Crippen LogP contribution in [0, 0.1) is 46.8 Å². The maximum absolute atomic E-state index is 3.94. The van der Waals surface area contributed by atoms with Crippen molar-refractivity contribution < 1.29 is 0 Å². The van der Waals surface area contributed by atoms with Gasteiger partial charge < -0.3 is 0 Å². The van der Waals surface area contributed by atoms with Crippen molar-refractivity contribution in [1.29, 1.82) is 0 Å². The van der Waals surface area contributed by atoms with E-state index in [2.05, 4.69) is 104 Å². The lowest BCUT2D eigenvalue weighted by atomic mass is 9.68. The van der Waals surface area contributed by atoms with Crippen molar-refractivity contribution in [3.63, 3.8) is 0 Å². The fourth-order valence-corrected chi connectivity index (χ4v) is 7.34. The molecule has 0 aromatic heterocycles. The maximum atomic E-state index is 3.94. The van der Waals surface area contributed by atoms with Crippen LogP contribution in [-0.4, -0.2) is 0 Å². The molecular formula is C39H66. The second-order valence-corrected chi connectivity index (χ2v) is 14.4. The molecule has 0 N–H and O–H groups in total. The van der Waals surface area contributed by atoms with Gasteiger partial charge in [-0.05, 0) is 117 Å². The van der Waals surface area contributed by atoms with Crippen LogP contribution in [0.4, 0.5) is 0 Å². The van der Waals surface area contributed by atoms with Gasteiger partial charge in [0.05, 0.1) is 0 Å². The zero-order chi connectivity index (χ0) is 28.7. The molecule has 7 atom stereocenters. The first kappa shape index (κ1) is 33.9. The minimum atomic E-state index is 0.409. The summed E-state index contributed by atoms with van der Waals surface area (Å²) in [5.41, 5.74) is 1.95. The zero-order valence-corrected chi connectivity index (χ0v) is 27.3. The topological polar surface area (TPSA) is 0 Å². The van der Waals surface area contributed by atoms with Crippen LogP contribution >= 0.6 is 0 Å². The van der Waals surface area contributed by atoms with Gasteiger partial charge in [0.2, 0.25) is 0 Å². The fourth-order valence-electron chi connectivity index (χ4n) is 7.34. The van der Waals surface area contributed by atoms with Gasteiger partial charge in [-0.2, -0.15) is 0 Å². The molecule has 0 fully saturated rings. The molecule has 0 aromatic rings. The molecule has 0 heteroatoms. The molecule has 0 heterocycles. The van der Waals surface area contributed by atoms with Crippen molar-refractivity contribution in [2.75, 3.05) is 0 Å². The van der Waals surface area contributed by atoms with E-state index in [-0.39, 0.29) is 0 Å². The summed E-state index contributed by atoms with van der Waals surface area (Å²) in [5, 5.41) is 0. The molecule has 0 nitrogen and oxygen atoms in total. The van der Waals surface area contributed by atoms with E-state index in [1.165, 1.54) is 89.0 Å². The van der Waals surface area contributed by atoms with E-state index >= 15 is 0 Å². The number of hydrogen-bond donors (Lipinski definition) is 0. The summed E-state index contributed by atoms with van der Waals surface area (Å²) in [6, 6.07) is 0. The Morgan fingerprint density at radius 2 is 1.79 bits per heavy atom. The summed E-state index contributed by atoms with van der Waals surface area (Å²) >= 11 is 0. The maximum Gasteiger partial charge on any atom is -0.0133 e. The minimum Gasteiger partial charge on any atom is -0.103 e. The number of unbranched alkanes of at least 4 members (excludes halogenated alkanes) is 1. The lowest BCUT2D eigenvalue weighted by Gasteiger charge is -2.37. The van der Waals surface area contributed by atoms with Crippen LogP contribution < -0.4 is 0 Å². The summed E-state index contributed by atoms with van der Waals surface area (Å²) in [5.74, 6) is 5.52. The summed E-state index contributed by atoms with van der Waals surface area (Å²) in [6.45, 7) is 20.9. The third kappa shape index (κ3) is 12.4. The van der Waals surface area contributed by atoms with Crippen LogP contribution in [0.1, 0.15) is 138 Å². The highest BCUT2D eigenvalue weighted by molar-refractivity contribution is 5.27. The molecule has 2 aliphatic carbocycles. The van der Waals surface area contributed by atoms with Crippen LogP contribution in [0.5, 0.6) is 0 Å². The summed E-state index contributed by atoms with van der Waals surface area (Å²) < 4.78 is 0. The Bertz CT molecular complexity index is 783. The summed E-state index contributed by atoms with van der Waals surface area (Å²) in [6.07, 6.45) is 37.9. The van der Waals surface area contributed by atoms with Crippen molar-refractivity contribution in [3.8, 4) is 0 Å². The Morgan fingerprint density at radius 1 is 1.00 bits per heavy atom. The molecule has 0 saturated heterocycles. The van der Waals surface area contributed by atoms with E-state index in [0.717, 1.165) is 36.0 Å². The van der Waals surface area contributed by atoms with Gasteiger partial charge in [0.25, 0.3) is 0 Å². The quantitative estimate of drug-likeness (QED) is 0.121. The molecule has 0 aromatic carbocycles. The second kappa shape index (κ2) is 18.2. The van der Waals surface area contributed by atoms with Crippen molar-refractivity contribution in [1.82, 2.24) is 0 Å². The minimum absolute atomic E-state index is 0.409. The molecule has 2 rings (SSSR count). The third-order valence-electron chi connectivity index (χ3n) is 10.1. The predicted molar refractivity (Wildman–Crippen MR) is 177 cm³/mol. The first-order valence-corrected chi connectivity index (χ1v) is 17.0. The molecule has 0 bridgehead atoms. The normalized spacial score (nSPS) is 24.9. The number of allylic oxidation sites excluding steroid dienone is 9. The van der Waals surface area contributed by atoms with E-state index in [1.807, 2.05) is 0 Å². The van der Waals surface area contributed by atoms with Gasteiger partial charge in [-0.25, -0.2) is 0 Å². The first-order chi connectivity index (χ1) is 18.7. The van der Waals surface area contributed by atoms with Crippen LogP contribution in [0.15, 0.2) is 60.8 Å². The zero-order valence-electron chi connectivity index (χ0n) is 27.3. The lowest BCUT2D eigenvalue weighted by Crippen LogP contribution is -2.28. The molecular weight excluding hydrogens is 468 g/mol. The Hall–Kier alpha value is -1.30. The standard InChI is InChI=1S/C39H66/c1-9-19-34(11-3)36-28-26-35(27-29-36)32(5)21-14-12-13-20-31(4)30-33(10-2)22-15-16-23-37-24-17-18-25-38(37)39(6,7)8/h9,12-13,18,25-26,28-29,31-35,37-38H,1,10-11,14-17,19-24,27,30H2,2-8H3/b13-12+/t31?,32?,33?,34?,35-,37?,38?/m1/s1. The highest BCUT2D eigenvalue weighted by Gasteiger charge is 2.31. The van der Waals surface area contributed by atoms with E-state index in [0.29, 0.717) is 17.3 Å². The largest absolute Gasteiger partial charge is 0.103 e. The molecule has 39 heavy (non-hydrogen) atoms. The monoisotopic (exact) mass is 535 g/mol. The van der Waals surface area contributed by atoms with Gasteiger partial charge in [0.15, 0.2) is 0 Å². The van der Waals surface area contributed by atoms with Gasteiger partial charge in [0, 0.05) is 0 Å². The average Bonchev–Trinajstić information content (AvgIpc) is 2.92. The summed E-state index contributed by atoms with van der Waals surface area (Å²) in [7, 11) is 0. The fraction of sp³-hybridized carbons (Fsp3) is 0.744. The van der Waals surface area contributed by atoms with Crippen molar-refractivity contribution in [2.45, 2.75) is 138 Å². The molecule has 0 spiro atoms. The molecule has 0 aliphatic heterocycles. The Balaban J connectivity index is 1.61. The average molecular weight is 535 g/mol. The molecule has 0 saturated carbocycles. The second-order valence-electron chi connectivity index (χ2n) is 14.4. The van der Waals surface area contributed by atoms with Crippen molar-refractivity contribution in [2.24, 2.45) is 46.8 Å². The van der Waals surface area contributed by atoms with Crippen LogP contribution in [-0.2, 0) is 0 Å². The molecule has 6 unspecified atom stereocenters. The van der Waals surface area contributed by atoms with Crippen molar-refractivity contribution in [3.05, 3.63) is 60.8 Å². The van der Waals surface area contributed by atoms with E-state index in [1.54, 1.807) is 0 Å². The first-order valence-electron chi connectivity index (χ1n) is 17.0. The van der Waals surface area contributed by atoms with Crippen molar-refractivity contribution >= 4 is 0 Å². The van der Waals surface area contributed by atoms with Crippen LogP contribution in [0.2, 0.25) is 0 Å². The highest BCUT2D eigenvalue weighted by Crippen LogP contribution is 2.41. The Labute approximate surface area is 245 Å². The summed E-state index contributed by atoms with van der Waals surface area (Å²) in [4.78, 5) is 0. The van der Waals surface area contributed by atoms with Gasteiger partial charge in [-0.1, -0.05) is 123 Å². The predicted octanol–water partition coefficient (Wildman–Crippen LogP) is 12.7. The molecule has 0 amide bonds. The third-order valence-corrected chi connectivity index (χ3v) is 10.1. The number of rotatable bonds is 18. The number of hydrogen-bond acceptors (Lipinski definition) is 0. The molecule has 2 aliphatic rings. The van der Waals surface area contributed by atoms with Crippen LogP contribution in [0.25, 0.3) is 0 Å². The molecule has 222 valence electrons. The SMILES string of the molecule is C=CCC(CC)C1=CC[C@H](C(C)CC/C=C/CC(C)CC(CC)CCCCC2CCC=CC2C(C)(C)C)C=C1. The van der Waals surface area contributed by atoms with Gasteiger partial charge in [-0.3, -0.25) is 0 Å². The van der Waals surface area contributed by atoms with Gasteiger partial charge >= 0.3 is 0 Å². The highest BCUT2D eigenvalue weighted by atomic mass is 14.4. The van der Waals surface area contributed by atoms with E-state index < -0.39 is 0 Å². The molecule has 0 radical (unpaired) electrons. The van der Waals surface area contributed by atoms with Gasteiger partial charge in [0.1, 0.15) is 0 Å². The Kier molecular flexibility index (Phi) is 15.8. The lowest BCUT2D eigenvalue weighted by molar-refractivity contribution is 0.176. The smallest absolute Gasteiger partial charge is 0.0133 e. The van der Waals surface area contributed by atoms with Gasteiger partial charge in [-0.15, -0.1) is 6.58 Å². The Morgan fingerprint density at radius 3 is 2.44 bits per heavy atom. The van der Waals surface area contributed by atoms with E-state index in [9.17, 15) is 0 Å². The van der Waals surface area contributed by atoms with E-state index in [4.69, 9.17) is 0 Å².